The number of nitrogens with zero attached hydrogens (tertiary/aromatic N) is 2. The zero-order valence-electron chi connectivity index (χ0n) is 10.2. The van der Waals surface area contributed by atoms with Crippen LogP contribution in [0.1, 0.15) is 20.3 Å². The summed E-state index contributed by atoms with van der Waals surface area (Å²) in [7, 11) is 0. The Balaban J connectivity index is 2.56. The summed E-state index contributed by atoms with van der Waals surface area (Å²) in [6.07, 6.45) is 0.769. The zero-order chi connectivity index (χ0) is 13.0. The van der Waals surface area contributed by atoms with Crippen LogP contribution in [0.25, 0.3) is 0 Å². The number of alkyl halides is 2. The van der Waals surface area contributed by atoms with E-state index in [1.54, 1.807) is 23.6 Å². The molecule has 17 heavy (non-hydrogen) atoms. The minimum atomic E-state index is -0.510. The first kappa shape index (κ1) is 14.6. The largest absolute Gasteiger partial charge is 0.340 e. The maximum absolute atomic E-state index is 11.7. The molecule has 0 radical (unpaired) electrons. The van der Waals surface area contributed by atoms with Crippen LogP contribution in [-0.2, 0) is 9.59 Å². The summed E-state index contributed by atoms with van der Waals surface area (Å²) in [5.41, 5.74) is 0. The Kier molecular flexibility index (Phi) is 5.53. The third kappa shape index (κ3) is 4.03. The van der Waals surface area contributed by atoms with Gasteiger partial charge in [-0.25, -0.2) is 0 Å². The molecule has 2 amide bonds. The van der Waals surface area contributed by atoms with Crippen LogP contribution in [0.15, 0.2) is 0 Å². The van der Waals surface area contributed by atoms with Gasteiger partial charge in [-0.05, 0) is 20.3 Å². The molecule has 0 aliphatic carbocycles. The highest BCUT2D eigenvalue weighted by molar-refractivity contribution is 6.30. The van der Waals surface area contributed by atoms with Crippen molar-refractivity contribution in [1.82, 2.24) is 9.80 Å². The molecule has 1 aliphatic heterocycles. The van der Waals surface area contributed by atoms with E-state index in [9.17, 15) is 9.59 Å². The molecule has 0 spiro atoms. The molecule has 1 fully saturated rings. The summed E-state index contributed by atoms with van der Waals surface area (Å²) in [6, 6.07) is 0. The molecule has 0 N–H and O–H groups in total. The summed E-state index contributed by atoms with van der Waals surface area (Å²) < 4.78 is 0. The molecule has 0 saturated carbocycles. The molecule has 2 atom stereocenters. The minimum Gasteiger partial charge on any atom is -0.340 e. The summed E-state index contributed by atoms with van der Waals surface area (Å²) >= 11 is 11.5. The van der Waals surface area contributed by atoms with Gasteiger partial charge in [-0.1, -0.05) is 0 Å². The fraction of sp³-hybridized carbons (Fsp3) is 0.818. The summed E-state index contributed by atoms with van der Waals surface area (Å²) in [6.45, 7) is 5.69. The van der Waals surface area contributed by atoms with Gasteiger partial charge >= 0.3 is 0 Å². The monoisotopic (exact) mass is 280 g/mol. The molecule has 0 aromatic rings. The standard InChI is InChI=1S/C11H18Cl2N2O2/c1-8(12)10(16)14-4-3-5-15(7-6-14)11(17)9(2)13/h8-9H,3-7H2,1-2H3. The Hall–Kier alpha value is -0.480. The fourth-order valence-electron chi connectivity index (χ4n) is 1.86. The predicted molar refractivity (Wildman–Crippen MR) is 68.4 cm³/mol. The molecular weight excluding hydrogens is 263 g/mol. The van der Waals surface area contributed by atoms with E-state index >= 15 is 0 Å². The molecule has 4 nitrogen and oxygen atoms in total. The van der Waals surface area contributed by atoms with Crippen LogP contribution in [0.3, 0.4) is 0 Å². The van der Waals surface area contributed by atoms with Crippen LogP contribution < -0.4 is 0 Å². The molecular formula is C11H18Cl2N2O2. The first-order valence-corrected chi connectivity index (χ1v) is 6.66. The zero-order valence-corrected chi connectivity index (χ0v) is 11.7. The Morgan fingerprint density at radius 1 is 0.882 bits per heavy atom. The fourth-order valence-corrected chi connectivity index (χ4v) is 2.14. The average Bonchev–Trinajstić information content (AvgIpc) is 2.52. The predicted octanol–water partition coefficient (Wildman–Crippen LogP) is 1.30. The first-order valence-electron chi connectivity index (χ1n) is 5.79. The molecule has 0 aromatic carbocycles. The van der Waals surface area contributed by atoms with E-state index in [-0.39, 0.29) is 11.8 Å². The third-order valence-corrected chi connectivity index (χ3v) is 3.17. The van der Waals surface area contributed by atoms with Crippen molar-refractivity contribution in [2.24, 2.45) is 0 Å². The second-order valence-corrected chi connectivity index (χ2v) is 5.55. The van der Waals surface area contributed by atoms with Crippen molar-refractivity contribution in [3.05, 3.63) is 0 Å². The molecule has 1 heterocycles. The highest BCUT2D eigenvalue weighted by Crippen LogP contribution is 2.10. The Bertz CT molecular complexity index is 267. The van der Waals surface area contributed by atoms with Gasteiger partial charge in [0.1, 0.15) is 10.8 Å². The lowest BCUT2D eigenvalue weighted by Gasteiger charge is -2.23. The van der Waals surface area contributed by atoms with Crippen LogP contribution >= 0.6 is 23.2 Å². The van der Waals surface area contributed by atoms with Crippen molar-refractivity contribution >= 4 is 35.0 Å². The van der Waals surface area contributed by atoms with Crippen molar-refractivity contribution in [3.63, 3.8) is 0 Å². The van der Waals surface area contributed by atoms with E-state index in [1.807, 2.05) is 0 Å². The average molecular weight is 281 g/mol. The maximum Gasteiger partial charge on any atom is 0.240 e. The summed E-state index contributed by atoms with van der Waals surface area (Å²) in [5, 5.41) is -1.02. The van der Waals surface area contributed by atoms with Crippen LogP contribution in [0.2, 0.25) is 0 Å². The second-order valence-electron chi connectivity index (χ2n) is 4.24. The van der Waals surface area contributed by atoms with Gasteiger partial charge in [0.25, 0.3) is 0 Å². The van der Waals surface area contributed by atoms with Gasteiger partial charge < -0.3 is 9.80 Å². The number of halogens is 2. The van der Waals surface area contributed by atoms with Gasteiger partial charge in [-0.15, -0.1) is 23.2 Å². The van der Waals surface area contributed by atoms with Crippen molar-refractivity contribution in [1.29, 1.82) is 0 Å². The van der Waals surface area contributed by atoms with Crippen molar-refractivity contribution in [2.45, 2.75) is 31.0 Å². The number of hydrogen-bond donors (Lipinski definition) is 0. The van der Waals surface area contributed by atoms with E-state index in [0.717, 1.165) is 6.42 Å². The van der Waals surface area contributed by atoms with Gasteiger partial charge in [0.15, 0.2) is 0 Å². The van der Waals surface area contributed by atoms with Crippen LogP contribution in [0.5, 0.6) is 0 Å². The summed E-state index contributed by atoms with van der Waals surface area (Å²) in [5.74, 6) is -0.139. The molecule has 6 heteroatoms. The molecule has 1 saturated heterocycles. The first-order chi connectivity index (χ1) is 7.93. The Morgan fingerprint density at radius 2 is 1.24 bits per heavy atom. The molecule has 0 aromatic heterocycles. The van der Waals surface area contributed by atoms with E-state index in [1.165, 1.54) is 0 Å². The normalized spacial score (nSPS) is 20.7. The van der Waals surface area contributed by atoms with Gasteiger partial charge in [0.2, 0.25) is 11.8 Å². The number of rotatable bonds is 2. The highest BCUT2D eigenvalue weighted by Gasteiger charge is 2.25. The second kappa shape index (κ2) is 6.45. The van der Waals surface area contributed by atoms with E-state index in [4.69, 9.17) is 23.2 Å². The Morgan fingerprint density at radius 3 is 1.53 bits per heavy atom. The molecule has 0 bridgehead atoms. The van der Waals surface area contributed by atoms with Crippen molar-refractivity contribution in [2.75, 3.05) is 26.2 Å². The highest BCUT2D eigenvalue weighted by atomic mass is 35.5. The van der Waals surface area contributed by atoms with Gasteiger partial charge in [0, 0.05) is 26.2 Å². The van der Waals surface area contributed by atoms with Crippen molar-refractivity contribution in [3.8, 4) is 0 Å². The number of carbonyl (C=O) groups excluding carboxylic acids is 2. The SMILES string of the molecule is CC(Cl)C(=O)N1CCCN(C(=O)C(C)Cl)CC1. The van der Waals surface area contributed by atoms with Crippen LogP contribution in [0.4, 0.5) is 0 Å². The van der Waals surface area contributed by atoms with Gasteiger partial charge in [0.05, 0.1) is 0 Å². The number of hydrogen-bond acceptors (Lipinski definition) is 2. The lowest BCUT2D eigenvalue weighted by Crippen LogP contribution is -2.41. The van der Waals surface area contributed by atoms with E-state index in [0.29, 0.717) is 26.2 Å². The van der Waals surface area contributed by atoms with Crippen molar-refractivity contribution < 1.29 is 9.59 Å². The van der Waals surface area contributed by atoms with Crippen LogP contribution in [-0.4, -0.2) is 58.5 Å². The molecule has 1 aliphatic rings. The van der Waals surface area contributed by atoms with Gasteiger partial charge in [-0.2, -0.15) is 0 Å². The lowest BCUT2D eigenvalue weighted by molar-refractivity contribution is -0.132. The minimum absolute atomic E-state index is 0.0695. The number of amides is 2. The molecule has 2 unspecified atom stereocenters. The number of carbonyl (C=O) groups is 2. The Labute approximate surface area is 112 Å². The molecule has 98 valence electrons. The quantitative estimate of drug-likeness (QED) is 0.716. The molecule has 1 rings (SSSR count). The topological polar surface area (TPSA) is 40.6 Å². The smallest absolute Gasteiger partial charge is 0.240 e. The third-order valence-electron chi connectivity index (χ3n) is 2.80. The van der Waals surface area contributed by atoms with E-state index < -0.39 is 10.8 Å². The maximum atomic E-state index is 11.7. The lowest BCUT2D eigenvalue weighted by atomic mass is 10.3. The summed E-state index contributed by atoms with van der Waals surface area (Å²) in [4.78, 5) is 26.9. The van der Waals surface area contributed by atoms with Crippen LogP contribution in [0, 0.1) is 0 Å². The van der Waals surface area contributed by atoms with Gasteiger partial charge in [-0.3, -0.25) is 9.59 Å². The van der Waals surface area contributed by atoms with E-state index in [2.05, 4.69) is 0 Å².